The Balaban J connectivity index is -0.000000157. The van der Waals surface area contributed by atoms with Gasteiger partial charge in [0.2, 0.25) is 0 Å². The molecule has 9 nitrogen and oxygen atoms in total. The second-order valence-electron chi connectivity index (χ2n) is 7.33. The van der Waals surface area contributed by atoms with Crippen LogP contribution >= 0.6 is 15.6 Å². The number of hydrogen-bond acceptors (Lipinski definition) is 2. The van der Waals surface area contributed by atoms with Crippen molar-refractivity contribution in [1.82, 2.24) is 0 Å². The van der Waals surface area contributed by atoms with Gasteiger partial charge in [-0.1, -0.05) is 130 Å². The lowest BCUT2D eigenvalue weighted by Crippen LogP contribution is -1.83. The zero-order chi connectivity index (χ0) is 23.0. The third-order valence-electron chi connectivity index (χ3n) is 4.21. The highest BCUT2D eigenvalue weighted by Crippen LogP contribution is 2.26. The van der Waals surface area contributed by atoms with Crippen LogP contribution in [0, 0.1) is 0 Å². The zero-order valence-electron chi connectivity index (χ0n) is 18.9. The average Bonchev–Trinajstić information content (AvgIpc) is 2.55. The van der Waals surface area contributed by atoms with E-state index in [1.165, 1.54) is 109 Å². The van der Waals surface area contributed by atoms with Crippen molar-refractivity contribution < 1.29 is 44.0 Å². The predicted molar refractivity (Wildman–Crippen MR) is 129 cm³/mol. The molecule has 0 heterocycles. The molecule has 0 aliphatic heterocycles. The smallest absolute Gasteiger partial charge is 0.412 e. The molecule has 0 saturated carbocycles. The molecule has 196 valence electrons. The van der Waals surface area contributed by atoms with E-state index in [4.69, 9.17) is 38.5 Å². The molecule has 0 bridgehead atoms. The zero-order valence-corrected chi connectivity index (χ0v) is 20.7. The Kier molecular flexibility index (Phi) is 40.3. The van der Waals surface area contributed by atoms with Crippen molar-refractivity contribution in [3.8, 4) is 0 Å². The minimum absolute atomic E-state index is 0. The minimum Gasteiger partial charge on any atom is -0.412 e. The molecule has 0 amide bonds. The van der Waals surface area contributed by atoms with Gasteiger partial charge < -0.3 is 34.8 Å². The van der Waals surface area contributed by atoms with E-state index >= 15 is 0 Å². The number of rotatable bonds is 16. The van der Waals surface area contributed by atoms with Gasteiger partial charge >= 0.3 is 15.6 Å². The van der Waals surface area contributed by atoms with E-state index in [2.05, 4.69) is 13.8 Å². The van der Waals surface area contributed by atoms with Crippen LogP contribution in [0.15, 0.2) is 0 Å². The summed E-state index contributed by atoms with van der Waals surface area (Å²) in [7, 11) is -9.28. The highest BCUT2D eigenvalue weighted by Gasteiger charge is 2.00. The van der Waals surface area contributed by atoms with Gasteiger partial charge in [0.25, 0.3) is 0 Å². The Hall–Kier alpha value is 0.180. The van der Waals surface area contributed by atoms with Crippen molar-refractivity contribution in [2.24, 2.45) is 0 Å². The van der Waals surface area contributed by atoms with E-state index in [1.807, 2.05) is 0 Å². The molecule has 0 rings (SSSR count). The summed E-state index contributed by atoms with van der Waals surface area (Å²) in [6.45, 7) is 4.59. The average molecular weight is 499 g/mol. The Bertz CT molecular complexity index is 346. The lowest BCUT2D eigenvalue weighted by molar-refractivity contribution is 0.272. The molecule has 11 heteroatoms. The van der Waals surface area contributed by atoms with E-state index in [0.717, 1.165) is 0 Å². The molecule has 0 spiro atoms. The highest BCUT2D eigenvalue weighted by molar-refractivity contribution is 7.45. The standard InChI is InChI=1S/C19H40.CH4.2H3O4P.H2O/c1-3-5-7-9-11-13-15-17-19-18-16-14-12-10-8-6-4-2;;2*1-5(2,3)4;/h3-19H2,1-2H3;1H4;2*(H3,1,2,3,4);1H2. The summed E-state index contributed by atoms with van der Waals surface area (Å²) in [6, 6.07) is 0. The molecule has 0 fully saturated rings. The SMILES string of the molecule is C.CCCCCCCCCCCCCCCCCCC.O.O=P(O)(O)O.O=P(O)(O)O. The van der Waals surface area contributed by atoms with Crippen molar-refractivity contribution in [3.05, 3.63) is 0 Å². The Morgan fingerprint density at radius 2 is 0.516 bits per heavy atom. The second kappa shape index (κ2) is 30.2. The molecule has 0 atom stereocenters. The van der Waals surface area contributed by atoms with Gasteiger partial charge in [0.15, 0.2) is 0 Å². The molecular weight excluding hydrogens is 446 g/mol. The second-order valence-corrected chi connectivity index (χ2v) is 9.38. The van der Waals surface area contributed by atoms with Crippen LogP contribution in [-0.2, 0) is 9.13 Å². The molecule has 0 aromatic carbocycles. The van der Waals surface area contributed by atoms with Gasteiger partial charge in [0.1, 0.15) is 0 Å². The van der Waals surface area contributed by atoms with E-state index in [0.29, 0.717) is 0 Å². The normalized spacial score (nSPS) is 10.6. The van der Waals surface area contributed by atoms with Gasteiger partial charge in [0.05, 0.1) is 0 Å². The molecule has 0 saturated heterocycles. The lowest BCUT2D eigenvalue weighted by atomic mass is 10.0. The van der Waals surface area contributed by atoms with Crippen LogP contribution in [0.3, 0.4) is 0 Å². The first-order chi connectivity index (χ1) is 13.4. The fourth-order valence-corrected chi connectivity index (χ4v) is 2.80. The number of unbranched alkanes of at least 4 members (excludes halogenated alkanes) is 16. The van der Waals surface area contributed by atoms with Crippen molar-refractivity contribution >= 4 is 15.6 Å². The first kappa shape index (κ1) is 41.4. The van der Waals surface area contributed by atoms with E-state index < -0.39 is 15.6 Å². The third-order valence-corrected chi connectivity index (χ3v) is 4.21. The molecule has 8 N–H and O–H groups in total. The van der Waals surface area contributed by atoms with Crippen LogP contribution in [0.1, 0.15) is 130 Å². The molecule has 0 radical (unpaired) electrons. The first-order valence-corrected chi connectivity index (χ1v) is 14.1. The molecule has 0 aliphatic rings. The number of phosphoric acid groups is 2. The van der Waals surface area contributed by atoms with Crippen LogP contribution in [0.2, 0.25) is 0 Å². The van der Waals surface area contributed by atoms with E-state index in [-0.39, 0.29) is 12.9 Å². The molecule has 0 unspecified atom stereocenters. The van der Waals surface area contributed by atoms with Crippen LogP contribution in [0.4, 0.5) is 0 Å². The van der Waals surface area contributed by atoms with Crippen molar-refractivity contribution in [2.75, 3.05) is 0 Å². The van der Waals surface area contributed by atoms with Crippen molar-refractivity contribution in [3.63, 3.8) is 0 Å². The summed E-state index contributed by atoms with van der Waals surface area (Å²) >= 11 is 0. The van der Waals surface area contributed by atoms with Gasteiger partial charge in [-0.05, 0) is 0 Å². The largest absolute Gasteiger partial charge is 0.466 e. The van der Waals surface area contributed by atoms with Gasteiger partial charge in [-0.2, -0.15) is 0 Å². The fourth-order valence-electron chi connectivity index (χ4n) is 2.80. The summed E-state index contributed by atoms with van der Waals surface area (Å²) in [5.41, 5.74) is 0. The van der Waals surface area contributed by atoms with Crippen molar-refractivity contribution in [2.45, 2.75) is 130 Å². The van der Waals surface area contributed by atoms with E-state index in [1.54, 1.807) is 0 Å². The van der Waals surface area contributed by atoms with Gasteiger partial charge in [0, 0.05) is 0 Å². The van der Waals surface area contributed by atoms with Crippen LogP contribution in [0.25, 0.3) is 0 Å². The monoisotopic (exact) mass is 498 g/mol. The van der Waals surface area contributed by atoms with Crippen LogP contribution in [0.5, 0.6) is 0 Å². The summed E-state index contributed by atoms with van der Waals surface area (Å²) < 4.78 is 17.8. The predicted octanol–water partition coefficient (Wildman–Crippen LogP) is 5.61. The maximum absolute atomic E-state index is 8.88. The third kappa shape index (κ3) is 91.5. The van der Waals surface area contributed by atoms with E-state index in [9.17, 15) is 0 Å². The van der Waals surface area contributed by atoms with Crippen LogP contribution in [-0.4, -0.2) is 34.8 Å². The maximum atomic E-state index is 8.88. The highest BCUT2D eigenvalue weighted by atomic mass is 31.2. The maximum Gasteiger partial charge on any atom is 0.466 e. The van der Waals surface area contributed by atoms with Crippen molar-refractivity contribution in [1.29, 1.82) is 0 Å². The Labute approximate surface area is 190 Å². The Morgan fingerprint density at radius 3 is 0.613 bits per heavy atom. The molecule has 31 heavy (non-hydrogen) atoms. The lowest BCUT2D eigenvalue weighted by Gasteiger charge is -2.03. The van der Waals surface area contributed by atoms with Gasteiger partial charge in [-0.3, -0.25) is 0 Å². The number of hydrogen-bond donors (Lipinski definition) is 6. The van der Waals surface area contributed by atoms with Gasteiger partial charge in [-0.25, -0.2) is 9.13 Å². The summed E-state index contributed by atoms with van der Waals surface area (Å²) in [4.78, 5) is 43.1. The first-order valence-electron chi connectivity index (χ1n) is 11.0. The van der Waals surface area contributed by atoms with Gasteiger partial charge in [-0.15, -0.1) is 0 Å². The summed E-state index contributed by atoms with van der Waals surface area (Å²) in [5, 5.41) is 0. The summed E-state index contributed by atoms with van der Waals surface area (Å²) in [5.74, 6) is 0. The Morgan fingerprint density at radius 1 is 0.419 bits per heavy atom. The topological polar surface area (TPSA) is 187 Å². The molecule has 0 aromatic heterocycles. The van der Waals surface area contributed by atoms with Crippen LogP contribution < -0.4 is 0 Å². The quantitative estimate of drug-likeness (QED) is 0.117. The molecule has 0 aromatic rings. The molecular formula is C20H52O9P2. The fraction of sp³-hybridized carbons (Fsp3) is 1.00. The summed E-state index contributed by atoms with van der Waals surface area (Å²) in [6.07, 6.45) is 24.9. The molecule has 0 aliphatic carbocycles. The minimum atomic E-state index is -4.64.